The van der Waals surface area contributed by atoms with Crippen molar-refractivity contribution in [2.24, 2.45) is 0 Å². The Hall–Kier alpha value is -2.40. The van der Waals surface area contributed by atoms with Crippen LogP contribution in [0.3, 0.4) is 0 Å². The maximum Gasteiger partial charge on any atom is 0.255 e. The first-order valence-electron chi connectivity index (χ1n) is 8.92. The molecule has 1 fully saturated rings. The summed E-state index contributed by atoms with van der Waals surface area (Å²) in [4.78, 5) is 27.4. The number of carbonyl (C=O) groups excluding carboxylic acids is 2. The van der Waals surface area contributed by atoms with Crippen molar-refractivity contribution in [3.05, 3.63) is 57.7 Å². The topological polar surface area (TPSA) is 89.9 Å². The molecule has 1 aliphatic heterocycles. The lowest BCUT2D eigenvalue weighted by molar-refractivity contribution is -0.153. The smallest absolute Gasteiger partial charge is 0.255 e. The Kier molecular flexibility index (Phi) is 6.45. The highest BCUT2D eigenvalue weighted by Gasteiger charge is 2.38. The minimum atomic E-state index is -1.79. The van der Waals surface area contributed by atoms with E-state index in [0.29, 0.717) is 19.5 Å². The van der Waals surface area contributed by atoms with E-state index in [0.717, 1.165) is 23.3 Å². The maximum atomic E-state index is 12.7. The van der Waals surface area contributed by atoms with Gasteiger partial charge >= 0.3 is 0 Å². The first-order valence-corrected chi connectivity index (χ1v) is 9.80. The zero-order chi connectivity index (χ0) is 19.2. The zero-order valence-electron chi connectivity index (χ0n) is 14.8. The van der Waals surface area contributed by atoms with E-state index in [4.69, 9.17) is 0 Å². The molecule has 1 aromatic heterocycles. The SMILES string of the molecule is O=C(NCCc1cccs1)[C@H](O)[C@@H](O)C(=O)N1CCCC1C1=CC=C=C=C1. The van der Waals surface area contributed by atoms with Gasteiger partial charge in [0, 0.05) is 18.0 Å². The van der Waals surface area contributed by atoms with Crippen molar-refractivity contribution in [1.29, 1.82) is 0 Å². The van der Waals surface area contributed by atoms with Gasteiger partial charge in [-0.05, 0) is 54.5 Å². The third kappa shape index (κ3) is 4.66. The molecule has 27 heavy (non-hydrogen) atoms. The van der Waals surface area contributed by atoms with E-state index in [1.807, 2.05) is 23.6 Å². The molecule has 1 unspecified atom stereocenters. The van der Waals surface area contributed by atoms with Crippen molar-refractivity contribution in [2.75, 3.05) is 13.1 Å². The molecule has 3 rings (SSSR count). The largest absolute Gasteiger partial charge is 0.380 e. The van der Waals surface area contributed by atoms with E-state index in [2.05, 4.69) is 16.8 Å². The van der Waals surface area contributed by atoms with Crippen LogP contribution in [-0.4, -0.2) is 58.3 Å². The number of amides is 2. The average Bonchev–Trinajstić information content (AvgIpc) is 3.38. The molecule has 0 spiro atoms. The Morgan fingerprint density at radius 3 is 2.89 bits per heavy atom. The Morgan fingerprint density at radius 1 is 1.33 bits per heavy atom. The van der Waals surface area contributed by atoms with Crippen LogP contribution < -0.4 is 5.32 Å². The Bertz CT molecular complexity index is 817. The van der Waals surface area contributed by atoms with Crippen molar-refractivity contribution in [3.63, 3.8) is 0 Å². The number of allylic oxidation sites excluding steroid dienone is 2. The van der Waals surface area contributed by atoms with E-state index in [1.54, 1.807) is 23.5 Å². The molecular formula is C20H22N2O4S. The van der Waals surface area contributed by atoms with Gasteiger partial charge < -0.3 is 20.4 Å². The molecule has 7 heteroatoms. The number of thiophene rings is 1. The molecule has 0 saturated carbocycles. The molecule has 6 nitrogen and oxygen atoms in total. The summed E-state index contributed by atoms with van der Waals surface area (Å²) in [6, 6.07) is 3.69. The molecule has 2 amide bonds. The molecule has 1 saturated heterocycles. The van der Waals surface area contributed by atoms with Gasteiger partial charge in [-0.3, -0.25) is 9.59 Å². The number of aliphatic hydroxyl groups is 2. The fourth-order valence-corrected chi connectivity index (χ4v) is 3.97. The lowest BCUT2D eigenvalue weighted by atomic mass is 10.0. The number of likely N-dealkylation sites (tertiary alicyclic amines) is 1. The lowest BCUT2D eigenvalue weighted by Crippen LogP contribution is -2.52. The van der Waals surface area contributed by atoms with Crippen LogP contribution in [0.5, 0.6) is 0 Å². The van der Waals surface area contributed by atoms with Crippen LogP contribution in [-0.2, 0) is 16.0 Å². The Labute approximate surface area is 161 Å². The fraction of sp³-hybridized carbons (Fsp3) is 0.400. The minimum absolute atomic E-state index is 0.188. The first-order chi connectivity index (χ1) is 13.1. The second-order valence-electron chi connectivity index (χ2n) is 6.47. The van der Waals surface area contributed by atoms with Crippen molar-refractivity contribution in [1.82, 2.24) is 10.2 Å². The van der Waals surface area contributed by atoms with E-state index in [9.17, 15) is 19.8 Å². The van der Waals surface area contributed by atoms with Gasteiger partial charge in [0.15, 0.2) is 12.2 Å². The van der Waals surface area contributed by atoms with Crippen molar-refractivity contribution < 1.29 is 19.8 Å². The summed E-state index contributed by atoms with van der Waals surface area (Å²) in [5.74, 6) is -1.38. The standard InChI is InChI=1S/C20H22N2O4S/c23-17(19(25)21-11-10-15-8-5-13-27-15)18(24)20(26)22-12-4-9-16(22)14-6-2-1-3-7-14/h2,5-8,13,16-18,23-24H,4,9-12H2,(H,21,25)/t16?,17-,18-/m1/s1. The van der Waals surface area contributed by atoms with Crippen molar-refractivity contribution >= 4 is 23.2 Å². The van der Waals surface area contributed by atoms with Gasteiger partial charge in [0.25, 0.3) is 11.8 Å². The molecule has 3 N–H and O–H groups in total. The highest BCUT2D eigenvalue weighted by Crippen LogP contribution is 2.26. The van der Waals surface area contributed by atoms with Gasteiger partial charge in [0.1, 0.15) is 0 Å². The lowest BCUT2D eigenvalue weighted by Gasteiger charge is -2.29. The third-order valence-corrected chi connectivity index (χ3v) is 5.61. The predicted octanol–water partition coefficient (Wildman–Crippen LogP) is 0.926. The van der Waals surface area contributed by atoms with E-state index in [-0.39, 0.29) is 6.04 Å². The molecular weight excluding hydrogens is 364 g/mol. The summed E-state index contributed by atoms with van der Waals surface area (Å²) < 4.78 is 0. The highest BCUT2D eigenvalue weighted by atomic mass is 32.1. The number of nitrogens with zero attached hydrogens (tertiary/aromatic N) is 1. The molecule has 3 atom stereocenters. The van der Waals surface area contributed by atoms with Gasteiger partial charge in [-0.1, -0.05) is 17.5 Å². The molecule has 2 aliphatic rings. The number of rotatable bonds is 7. The Morgan fingerprint density at radius 2 is 2.19 bits per heavy atom. The molecule has 142 valence electrons. The van der Waals surface area contributed by atoms with E-state index in [1.165, 1.54) is 4.90 Å². The molecule has 0 radical (unpaired) electrons. The van der Waals surface area contributed by atoms with Crippen molar-refractivity contribution in [3.8, 4) is 0 Å². The molecule has 0 aromatic carbocycles. The number of nitrogens with one attached hydrogen (secondary N) is 1. The predicted molar refractivity (Wildman–Crippen MR) is 102 cm³/mol. The number of hydrogen-bond donors (Lipinski definition) is 3. The van der Waals surface area contributed by atoms with Crippen molar-refractivity contribution in [2.45, 2.75) is 37.5 Å². The van der Waals surface area contributed by atoms with Gasteiger partial charge in [0.05, 0.1) is 6.04 Å². The fourth-order valence-electron chi connectivity index (χ4n) is 3.26. The van der Waals surface area contributed by atoms with Gasteiger partial charge in [-0.25, -0.2) is 0 Å². The van der Waals surface area contributed by atoms with Gasteiger partial charge in [-0.2, -0.15) is 0 Å². The monoisotopic (exact) mass is 386 g/mol. The van der Waals surface area contributed by atoms with Gasteiger partial charge in [-0.15, -0.1) is 11.3 Å². The van der Waals surface area contributed by atoms with Crippen LogP contribution in [0.1, 0.15) is 17.7 Å². The van der Waals surface area contributed by atoms with E-state index >= 15 is 0 Å². The van der Waals surface area contributed by atoms with Crippen LogP contribution >= 0.6 is 11.3 Å². The van der Waals surface area contributed by atoms with Gasteiger partial charge in [0.2, 0.25) is 0 Å². The first kappa shape index (κ1) is 19.4. The van der Waals surface area contributed by atoms with Crippen LogP contribution in [0.15, 0.2) is 52.8 Å². The van der Waals surface area contributed by atoms with E-state index < -0.39 is 24.0 Å². The summed E-state index contributed by atoms with van der Waals surface area (Å²) in [5.41, 5.74) is 6.58. The summed E-state index contributed by atoms with van der Waals surface area (Å²) >= 11 is 1.58. The van der Waals surface area contributed by atoms with Crippen LogP contribution in [0.4, 0.5) is 0 Å². The highest BCUT2D eigenvalue weighted by molar-refractivity contribution is 7.09. The second-order valence-corrected chi connectivity index (χ2v) is 7.50. The zero-order valence-corrected chi connectivity index (χ0v) is 15.6. The quantitative estimate of drug-likeness (QED) is 0.608. The number of aliphatic hydroxyl groups excluding tert-OH is 2. The normalized spacial score (nSPS) is 20.4. The van der Waals surface area contributed by atoms with Crippen LogP contribution in [0.25, 0.3) is 0 Å². The van der Waals surface area contributed by atoms with Crippen LogP contribution in [0, 0.1) is 0 Å². The molecule has 1 aliphatic carbocycles. The Balaban J connectivity index is 1.55. The molecule has 2 heterocycles. The number of carbonyl (C=O) groups is 2. The molecule has 0 bridgehead atoms. The summed E-state index contributed by atoms with van der Waals surface area (Å²) in [6.45, 7) is 0.811. The second kappa shape index (κ2) is 9.00. The summed E-state index contributed by atoms with van der Waals surface area (Å²) in [6.07, 6.45) is 3.95. The van der Waals surface area contributed by atoms with Crippen LogP contribution in [0.2, 0.25) is 0 Å². The summed E-state index contributed by atoms with van der Waals surface area (Å²) in [5, 5.41) is 24.9. The molecule has 1 aromatic rings. The third-order valence-electron chi connectivity index (χ3n) is 4.67. The maximum absolute atomic E-state index is 12.7. The average molecular weight is 386 g/mol. The minimum Gasteiger partial charge on any atom is -0.380 e. The summed E-state index contributed by atoms with van der Waals surface area (Å²) in [7, 11) is 0. The number of hydrogen-bond acceptors (Lipinski definition) is 5.